The predicted molar refractivity (Wildman–Crippen MR) is 44.2 cm³/mol. The highest BCUT2D eigenvalue weighted by atomic mass is 16.3. The first kappa shape index (κ1) is 10.4. The van der Waals surface area contributed by atoms with E-state index in [-0.39, 0.29) is 5.91 Å². The number of rotatable bonds is 5. The lowest BCUT2D eigenvalue weighted by atomic mass is 10.2. The van der Waals surface area contributed by atoms with Crippen molar-refractivity contribution >= 4 is 5.91 Å². The summed E-state index contributed by atoms with van der Waals surface area (Å²) in [5, 5.41) is 11.7. The van der Waals surface area contributed by atoms with Crippen LogP contribution in [0.1, 0.15) is 33.1 Å². The van der Waals surface area contributed by atoms with Crippen molar-refractivity contribution < 1.29 is 9.90 Å². The molecule has 2 N–H and O–H groups in total. The van der Waals surface area contributed by atoms with E-state index < -0.39 is 6.10 Å². The van der Waals surface area contributed by atoms with Crippen molar-refractivity contribution in [3.05, 3.63) is 0 Å². The fourth-order valence-electron chi connectivity index (χ4n) is 0.691. The molecule has 0 aromatic heterocycles. The lowest BCUT2D eigenvalue weighted by Crippen LogP contribution is -2.31. The predicted octanol–water partition coefficient (Wildman–Crippen LogP) is 0.674. The Hall–Kier alpha value is -0.570. The topological polar surface area (TPSA) is 49.3 Å². The molecule has 0 aromatic rings. The summed E-state index contributed by atoms with van der Waals surface area (Å²) in [5.74, 6) is 0.0278. The second-order valence-corrected chi connectivity index (χ2v) is 2.62. The van der Waals surface area contributed by atoms with Crippen LogP contribution < -0.4 is 5.32 Å². The molecular weight excluding hydrogens is 142 g/mol. The molecule has 3 heteroatoms. The molecule has 0 aromatic carbocycles. The van der Waals surface area contributed by atoms with Gasteiger partial charge in [0.25, 0.3) is 0 Å². The van der Waals surface area contributed by atoms with Crippen LogP contribution in [0.25, 0.3) is 0 Å². The SMILES string of the molecule is CCCC(=O)NCC(O)CC. The second-order valence-electron chi connectivity index (χ2n) is 2.62. The number of aliphatic hydroxyl groups is 1. The Morgan fingerprint density at radius 3 is 2.64 bits per heavy atom. The molecule has 11 heavy (non-hydrogen) atoms. The molecule has 0 spiro atoms. The largest absolute Gasteiger partial charge is 0.391 e. The van der Waals surface area contributed by atoms with Crippen LogP contribution in [0.4, 0.5) is 0 Å². The molecule has 66 valence electrons. The van der Waals surface area contributed by atoms with Gasteiger partial charge in [-0.25, -0.2) is 0 Å². The van der Waals surface area contributed by atoms with Gasteiger partial charge in [0.05, 0.1) is 6.10 Å². The summed E-state index contributed by atoms with van der Waals surface area (Å²) in [6, 6.07) is 0. The molecule has 0 bridgehead atoms. The third-order valence-corrected chi connectivity index (χ3v) is 1.48. The van der Waals surface area contributed by atoms with E-state index in [1.165, 1.54) is 0 Å². The van der Waals surface area contributed by atoms with E-state index in [1.54, 1.807) is 0 Å². The molecule has 0 fully saturated rings. The van der Waals surface area contributed by atoms with Gasteiger partial charge in [0.15, 0.2) is 0 Å². The third-order valence-electron chi connectivity index (χ3n) is 1.48. The van der Waals surface area contributed by atoms with Crippen molar-refractivity contribution in [2.75, 3.05) is 6.54 Å². The summed E-state index contributed by atoms with van der Waals surface area (Å²) in [4.78, 5) is 10.8. The highest BCUT2D eigenvalue weighted by molar-refractivity contribution is 5.75. The molecule has 0 aliphatic heterocycles. The number of aliphatic hydroxyl groups excluding tert-OH is 1. The van der Waals surface area contributed by atoms with Gasteiger partial charge in [0.2, 0.25) is 5.91 Å². The van der Waals surface area contributed by atoms with Gasteiger partial charge in [0.1, 0.15) is 0 Å². The number of hydrogen-bond donors (Lipinski definition) is 2. The minimum Gasteiger partial charge on any atom is -0.391 e. The van der Waals surface area contributed by atoms with E-state index in [9.17, 15) is 4.79 Å². The molecule has 0 rings (SSSR count). The molecule has 1 unspecified atom stereocenters. The van der Waals surface area contributed by atoms with Crippen molar-refractivity contribution in [3.8, 4) is 0 Å². The molecular formula is C8H17NO2. The summed E-state index contributed by atoms with van der Waals surface area (Å²) in [6.07, 6.45) is 1.70. The number of carbonyl (C=O) groups is 1. The Bertz CT molecular complexity index is 115. The Morgan fingerprint density at radius 2 is 2.18 bits per heavy atom. The highest BCUT2D eigenvalue weighted by Gasteiger charge is 2.02. The number of amides is 1. The fraction of sp³-hybridized carbons (Fsp3) is 0.875. The standard InChI is InChI=1S/C8H17NO2/c1-3-5-8(11)9-6-7(10)4-2/h7,10H,3-6H2,1-2H3,(H,9,11). The zero-order chi connectivity index (χ0) is 8.69. The zero-order valence-electron chi connectivity index (χ0n) is 7.26. The average molecular weight is 159 g/mol. The van der Waals surface area contributed by atoms with Gasteiger partial charge in [-0.2, -0.15) is 0 Å². The number of hydrogen-bond acceptors (Lipinski definition) is 2. The molecule has 0 heterocycles. The Labute approximate surface area is 67.8 Å². The Kier molecular flexibility index (Phi) is 5.84. The maximum Gasteiger partial charge on any atom is 0.220 e. The third kappa shape index (κ3) is 5.85. The molecule has 0 saturated carbocycles. The van der Waals surface area contributed by atoms with Crippen LogP contribution in [-0.4, -0.2) is 23.7 Å². The van der Waals surface area contributed by atoms with Crippen molar-refractivity contribution in [2.24, 2.45) is 0 Å². The van der Waals surface area contributed by atoms with Crippen molar-refractivity contribution in [1.82, 2.24) is 5.32 Å². The first-order valence-corrected chi connectivity index (χ1v) is 4.15. The first-order valence-electron chi connectivity index (χ1n) is 4.15. The van der Waals surface area contributed by atoms with E-state index in [2.05, 4.69) is 5.32 Å². The lowest BCUT2D eigenvalue weighted by molar-refractivity contribution is -0.121. The molecule has 0 radical (unpaired) electrons. The van der Waals surface area contributed by atoms with Gasteiger partial charge < -0.3 is 10.4 Å². The van der Waals surface area contributed by atoms with Crippen LogP contribution in [0.2, 0.25) is 0 Å². The minimum atomic E-state index is -0.393. The summed E-state index contributed by atoms with van der Waals surface area (Å²) in [5.41, 5.74) is 0. The van der Waals surface area contributed by atoms with Crippen LogP contribution in [0.15, 0.2) is 0 Å². The van der Waals surface area contributed by atoms with Crippen molar-refractivity contribution in [1.29, 1.82) is 0 Å². The van der Waals surface area contributed by atoms with Gasteiger partial charge >= 0.3 is 0 Å². The normalized spacial score (nSPS) is 12.6. The Morgan fingerprint density at radius 1 is 1.55 bits per heavy atom. The number of nitrogens with one attached hydrogen (secondary N) is 1. The maximum atomic E-state index is 10.8. The van der Waals surface area contributed by atoms with Crippen LogP contribution in [-0.2, 0) is 4.79 Å². The number of carbonyl (C=O) groups excluding carboxylic acids is 1. The molecule has 1 amide bonds. The highest BCUT2D eigenvalue weighted by Crippen LogP contribution is 1.89. The summed E-state index contributed by atoms with van der Waals surface area (Å²) in [6.45, 7) is 4.22. The van der Waals surface area contributed by atoms with Gasteiger partial charge in [0, 0.05) is 13.0 Å². The van der Waals surface area contributed by atoms with Gasteiger partial charge in [-0.05, 0) is 12.8 Å². The van der Waals surface area contributed by atoms with E-state index in [0.717, 1.165) is 6.42 Å². The fourth-order valence-corrected chi connectivity index (χ4v) is 0.691. The van der Waals surface area contributed by atoms with E-state index >= 15 is 0 Å². The molecule has 0 aliphatic carbocycles. The van der Waals surface area contributed by atoms with Crippen LogP contribution >= 0.6 is 0 Å². The van der Waals surface area contributed by atoms with E-state index in [1.807, 2.05) is 13.8 Å². The van der Waals surface area contributed by atoms with Crippen LogP contribution in [0.5, 0.6) is 0 Å². The van der Waals surface area contributed by atoms with Crippen LogP contribution in [0, 0.1) is 0 Å². The van der Waals surface area contributed by atoms with E-state index in [0.29, 0.717) is 19.4 Å². The molecule has 3 nitrogen and oxygen atoms in total. The summed E-state index contributed by atoms with van der Waals surface area (Å²) < 4.78 is 0. The maximum absolute atomic E-state index is 10.8. The Balaban J connectivity index is 3.30. The molecule has 0 saturated heterocycles. The summed E-state index contributed by atoms with van der Waals surface area (Å²) >= 11 is 0. The quantitative estimate of drug-likeness (QED) is 0.619. The first-order chi connectivity index (χ1) is 5.20. The monoisotopic (exact) mass is 159 g/mol. The zero-order valence-corrected chi connectivity index (χ0v) is 7.26. The van der Waals surface area contributed by atoms with Crippen molar-refractivity contribution in [2.45, 2.75) is 39.2 Å². The van der Waals surface area contributed by atoms with Crippen LogP contribution in [0.3, 0.4) is 0 Å². The smallest absolute Gasteiger partial charge is 0.220 e. The minimum absolute atomic E-state index is 0.0278. The van der Waals surface area contributed by atoms with Crippen molar-refractivity contribution in [3.63, 3.8) is 0 Å². The molecule has 0 aliphatic rings. The van der Waals surface area contributed by atoms with Gasteiger partial charge in [-0.1, -0.05) is 13.8 Å². The summed E-state index contributed by atoms with van der Waals surface area (Å²) in [7, 11) is 0. The lowest BCUT2D eigenvalue weighted by Gasteiger charge is -2.08. The van der Waals surface area contributed by atoms with Gasteiger partial charge in [-0.3, -0.25) is 4.79 Å². The van der Waals surface area contributed by atoms with Gasteiger partial charge in [-0.15, -0.1) is 0 Å². The second kappa shape index (κ2) is 6.16. The average Bonchev–Trinajstić information content (AvgIpc) is 2.01. The molecule has 1 atom stereocenters. The van der Waals surface area contributed by atoms with E-state index in [4.69, 9.17) is 5.11 Å².